The SMILES string of the molecule is CC(C)(C)C(O)CN1CCN(C(=O)CCCNc2ncccn2)CC1. The number of carbonyl (C=O) groups is 1. The Kier molecular flexibility index (Phi) is 7.13. The summed E-state index contributed by atoms with van der Waals surface area (Å²) in [4.78, 5) is 24.7. The first-order valence-electron chi connectivity index (χ1n) is 9.05. The molecule has 2 N–H and O–H groups in total. The topological polar surface area (TPSA) is 81.6 Å². The van der Waals surface area contributed by atoms with Crippen LogP contribution in [0.2, 0.25) is 0 Å². The smallest absolute Gasteiger partial charge is 0.222 e. The van der Waals surface area contributed by atoms with Crippen LogP contribution in [0.25, 0.3) is 0 Å². The number of anilines is 1. The molecule has 1 aliphatic heterocycles. The molecule has 7 heteroatoms. The summed E-state index contributed by atoms with van der Waals surface area (Å²) < 4.78 is 0. The van der Waals surface area contributed by atoms with Crippen molar-refractivity contribution in [3.8, 4) is 0 Å². The maximum Gasteiger partial charge on any atom is 0.222 e. The van der Waals surface area contributed by atoms with E-state index in [0.29, 0.717) is 25.5 Å². The molecule has 1 aromatic heterocycles. The monoisotopic (exact) mass is 349 g/mol. The Balaban J connectivity index is 1.62. The molecule has 0 saturated carbocycles. The van der Waals surface area contributed by atoms with E-state index in [9.17, 15) is 9.90 Å². The van der Waals surface area contributed by atoms with Gasteiger partial charge in [-0.25, -0.2) is 9.97 Å². The highest BCUT2D eigenvalue weighted by molar-refractivity contribution is 5.76. The van der Waals surface area contributed by atoms with Gasteiger partial charge in [0.05, 0.1) is 6.10 Å². The number of β-amino-alcohol motifs (C(OH)–C–C–N with tert-alkyl or cyclic N) is 1. The maximum atomic E-state index is 12.3. The maximum absolute atomic E-state index is 12.3. The van der Waals surface area contributed by atoms with Crippen LogP contribution in [0.1, 0.15) is 33.6 Å². The molecule has 1 aliphatic rings. The summed E-state index contributed by atoms with van der Waals surface area (Å²) in [7, 11) is 0. The number of piperazine rings is 1. The fourth-order valence-corrected chi connectivity index (χ4v) is 2.69. The molecule has 1 saturated heterocycles. The second-order valence-corrected chi connectivity index (χ2v) is 7.67. The summed E-state index contributed by atoms with van der Waals surface area (Å²) in [6, 6.07) is 1.77. The third-order valence-corrected chi connectivity index (χ3v) is 4.57. The summed E-state index contributed by atoms with van der Waals surface area (Å²) in [5.74, 6) is 0.799. The number of aliphatic hydroxyl groups excluding tert-OH is 1. The lowest BCUT2D eigenvalue weighted by atomic mass is 9.89. The molecule has 0 aliphatic carbocycles. The number of amides is 1. The van der Waals surface area contributed by atoms with Gasteiger partial charge in [0.1, 0.15) is 0 Å². The quantitative estimate of drug-likeness (QED) is 0.721. The second kappa shape index (κ2) is 9.10. The Labute approximate surface area is 150 Å². The zero-order chi connectivity index (χ0) is 18.3. The lowest BCUT2D eigenvalue weighted by molar-refractivity contribution is -0.133. The van der Waals surface area contributed by atoms with Gasteiger partial charge in [-0.2, -0.15) is 0 Å². The van der Waals surface area contributed by atoms with Gasteiger partial charge in [-0.1, -0.05) is 20.8 Å². The molecule has 25 heavy (non-hydrogen) atoms. The van der Waals surface area contributed by atoms with Crippen LogP contribution >= 0.6 is 0 Å². The molecule has 0 spiro atoms. The van der Waals surface area contributed by atoms with Crippen molar-refractivity contribution in [2.24, 2.45) is 5.41 Å². The van der Waals surface area contributed by atoms with E-state index in [-0.39, 0.29) is 17.4 Å². The van der Waals surface area contributed by atoms with Crippen LogP contribution < -0.4 is 5.32 Å². The molecular formula is C18H31N5O2. The summed E-state index contributed by atoms with van der Waals surface area (Å²) in [6.07, 6.45) is 4.33. The molecule has 1 atom stereocenters. The minimum atomic E-state index is -0.346. The average Bonchev–Trinajstić information content (AvgIpc) is 2.59. The van der Waals surface area contributed by atoms with Crippen molar-refractivity contribution in [3.05, 3.63) is 18.5 Å². The molecule has 1 unspecified atom stereocenters. The van der Waals surface area contributed by atoms with Crippen molar-refractivity contribution in [1.82, 2.24) is 19.8 Å². The van der Waals surface area contributed by atoms with Gasteiger partial charge in [0.2, 0.25) is 11.9 Å². The van der Waals surface area contributed by atoms with E-state index < -0.39 is 0 Å². The number of rotatable bonds is 7. The fraction of sp³-hybridized carbons (Fsp3) is 0.722. The summed E-state index contributed by atoms with van der Waals surface area (Å²) in [5, 5.41) is 13.3. The highest BCUT2D eigenvalue weighted by Gasteiger charge is 2.27. The number of aliphatic hydroxyl groups is 1. The van der Waals surface area contributed by atoms with E-state index in [2.05, 4.69) is 20.2 Å². The van der Waals surface area contributed by atoms with E-state index in [1.165, 1.54) is 0 Å². The van der Waals surface area contributed by atoms with Gasteiger partial charge in [0, 0.05) is 58.1 Å². The summed E-state index contributed by atoms with van der Waals surface area (Å²) in [6.45, 7) is 10.6. The van der Waals surface area contributed by atoms with Crippen LogP contribution in [-0.2, 0) is 4.79 Å². The molecule has 7 nitrogen and oxygen atoms in total. The lowest BCUT2D eigenvalue weighted by Crippen LogP contribution is -2.51. The van der Waals surface area contributed by atoms with Gasteiger partial charge in [-0.3, -0.25) is 9.69 Å². The van der Waals surface area contributed by atoms with Gasteiger partial charge in [0.25, 0.3) is 0 Å². The van der Waals surface area contributed by atoms with Gasteiger partial charge < -0.3 is 15.3 Å². The zero-order valence-corrected chi connectivity index (χ0v) is 15.6. The number of aromatic nitrogens is 2. The Bertz CT molecular complexity index is 524. The molecule has 1 fully saturated rings. The fourth-order valence-electron chi connectivity index (χ4n) is 2.69. The highest BCUT2D eigenvalue weighted by atomic mass is 16.3. The van der Waals surface area contributed by atoms with Crippen LogP contribution in [0.5, 0.6) is 0 Å². The van der Waals surface area contributed by atoms with Crippen molar-refractivity contribution in [3.63, 3.8) is 0 Å². The molecule has 2 rings (SSSR count). The molecule has 0 radical (unpaired) electrons. The van der Waals surface area contributed by atoms with Crippen LogP contribution in [0.15, 0.2) is 18.5 Å². The van der Waals surface area contributed by atoms with Crippen molar-refractivity contribution in [2.75, 3.05) is 44.6 Å². The standard InChI is InChI=1S/C18H31N5O2/c1-18(2,3)15(24)14-22-10-12-23(13-11-22)16(25)6-4-7-19-17-20-8-5-9-21-17/h5,8-9,15,24H,4,6-7,10-14H2,1-3H3,(H,19,20,21). The average molecular weight is 349 g/mol. The van der Waals surface area contributed by atoms with Crippen molar-refractivity contribution in [2.45, 2.75) is 39.7 Å². The van der Waals surface area contributed by atoms with Gasteiger partial charge in [-0.05, 0) is 17.9 Å². The van der Waals surface area contributed by atoms with Crippen LogP contribution in [0.4, 0.5) is 5.95 Å². The Morgan fingerprint density at radius 2 is 1.88 bits per heavy atom. The molecule has 1 aromatic rings. The van der Waals surface area contributed by atoms with Gasteiger partial charge >= 0.3 is 0 Å². The molecule has 140 valence electrons. The van der Waals surface area contributed by atoms with Gasteiger partial charge in [0.15, 0.2) is 0 Å². The van der Waals surface area contributed by atoms with Crippen LogP contribution in [0, 0.1) is 5.41 Å². The normalized spacial score (nSPS) is 17.4. The highest BCUT2D eigenvalue weighted by Crippen LogP contribution is 2.20. The number of hydrogen-bond acceptors (Lipinski definition) is 6. The van der Waals surface area contributed by atoms with Crippen LogP contribution in [0.3, 0.4) is 0 Å². The number of nitrogens with zero attached hydrogens (tertiary/aromatic N) is 4. The predicted molar refractivity (Wildman–Crippen MR) is 98.2 cm³/mol. The first-order chi connectivity index (χ1) is 11.9. The molecule has 2 heterocycles. The Morgan fingerprint density at radius 3 is 2.48 bits per heavy atom. The minimum absolute atomic E-state index is 0.109. The van der Waals surface area contributed by atoms with Crippen molar-refractivity contribution >= 4 is 11.9 Å². The van der Waals surface area contributed by atoms with Crippen molar-refractivity contribution < 1.29 is 9.90 Å². The number of nitrogens with one attached hydrogen (secondary N) is 1. The van der Waals surface area contributed by atoms with E-state index in [0.717, 1.165) is 32.6 Å². The third-order valence-electron chi connectivity index (χ3n) is 4.57. The first kappa shape index (κ1) is 19.6. The Hall–Kier alpha value is -1.73. The zero-order valence-electron chi connectivity index (χ0n) is 15.6. The molecule has 0 aromatic carbocycles. The number of carbonyl (C=O) groups excluding carboxylic acids is 1. The van der Waals surface area contributed by atoms with E-state index in [4.69, 9.17) is 0 Å². The molecular weight excluding hydrogens is 318 g/mol. The third kappa shape index (κ3) is 6.59. The van der Waals surface area contributed by atoms with Crippen molar-refractivity contribution in [1.29, 1.82) is 0 Å². The van der Waals surface area contributed by atoms with E-state index in [1.807, 2.05) is 25.7 Å². The number of hydrogen-bond donors (Lipinski definition) is 2. The largest absolute Gasteiger partial charge is 0.391 e. The van der Waals surface area contributed by atoms with E-state index in [1.54, 1.807) is 18.5 Å². The second-order valence-electron chi connectivity index (χ2n) is 7.67. The minimum Gasteiger partial charge on any atom is -0.391 e. The lowest BCUT2D eigenvalue weighted by Gasteiger charge is -2.38. The Morgan fingerprint density at radius 1 is 1.24 bits per heavy atom. The summed E-state index contributed by atoms with van der Waals surface area (Å²) >= 11 is 0. The first-order valence-corrected chi connectivity index (χ1v) is 9.05. The van der Waals surface area contributed by atoms with E-state index >= 15 is 0 Å². The molecule has 0 bridgehead atoms. The predicted octanol–water partition coefficient (Wildman–Crippen LogP) is 1.22. The molecule has 1 amide bonds. The van der Waals surface area contributed by atoms with Gasteiger partial charge in [-0.15, -0.1) is 0 Å². The van der Waals surface area contributed by atoms with Crippen LogP contribution in [-0.4, -0.2) is 76.2 Å². The summed E-state index contributed by atoms with van der Waals surface area (Å²) in [5.41, 5.74) is -0.109.